The van der Waals surface area contributed by atoms with Crippen LogP contribution in [-0.2, 0) is 0 Å². The van der Waals surface area contributed by atoms with Gasteiger partial charge in [-0.3, -0.25) is 9.88 Å². The molecule has 1 aromatic rings. The van der Waals surface area contributed by atoms with Crippen LogP contribution in [0.3, 0.4) is 0 Å². The van der Waals surface area contributed by atoms with Crippen molar-refractivity contribution in [1.29, 1.82) is 0 Å². The molecule has 0 radical (unpaired) electrons. The molecule has 3 atom stereocenters. The number of nitrogens with two attached hydrogens (primary N) is 1. The maximum Gasteiger partial charge on any atom is 0.0517 e. The number of pyridine rings is 1. The maximum absolute atomic E-state index is 6.38. The van der Waals surface area contributed by atoms with E-state index in [0.717, 1.165) is 6.42 Å². The zero-order valence-corrected chi connectivity index (χ0v) is 11.5. The molecule has 2 rings (SSSR count). The number of rotatable bonds is 5. The third-order valence-electron chi connectivity index (χ3n) is 4.15. The average molecular weight is 247 g/mol. The van der Waals surface area contributed by atoms with Crippen molar-refractivity contribution in [2.75, 3.05) is 6.54 Å². The monoisotopic (exact) mass is 247 g/mol. The van der Waals surface area contributed by atoms with Crippen LogP contribution >= 0.6 is 0 Å². The summed E-state index contributed by atoms with van der Waals surface area (Å²) in [7, 11) is 0. The summed E-state index contributed by atoms with van der Waals surface area (Å²) in [6.45, 7) is 5.62. The predicted octanol–water partition coefficient (Wildman–Crippen LogP) is 2.73. The molecule has 2 heterocycles. The lowest BCUT2D eigenvalue weighted by Crippen LogP contribution is -2.43. The van der Waals surface area contributed by atoms with E-state index in [0.29, 0.717) is 12.1 Å². The third-order valence-corrected chi connectivity index (χ3v) is 4.15. The Morgan fingerprint density at radius 3 is 2.94 bits per heavy atom. The molecular weight excluding hydrogens is 222 g/mol. The third kappa shape index (κ3) is 2.73. The Kier molecular flexibility index (Phi) is 4.72. The topological polar surface area (TPSA) is 42.1 Å². The number of hydrogen-bond acceptors (Lipinski definition) is 3. The highest BCUT2D eigenvalue weighted by atomic mass is 15.2. The summed E-state index contributed by atoms with van der Waals surface area (Å²) in [5, 5.41) is 0. The molecule has 0 aromatic carbocycles. The van der Waals surface area contributed by atoms with Gasteiger partial charge in [0.1, 0.15) is 0 Å². The van der Waals surface area contributed by atoms with Gasteiger partial charge in [0.25, 0.3) is 0 Å². The first-order valence-corrected chi connectivity index (χ1v) is 7.19. The van der Waals surface area contributed by atoms with E-state index in [2.05, 4.69) is 29.8 Å². The number of likely N-dealkylation sites (tertiary alicyclic amines) is 1. The highest BCUT2D eigenvalue weighted by molar-refractivity contribution is 5.17. The second-order valence-electron chi connectivity index (χ2n) is 5.25. The molecule has 1 aliphatic heterocycles. The molecule has 3 heteroatoms. The van der Waals surface area contributed by atoms with Crippen molar-refractivity contribution in [3.05, 3.63) is 30.1 Å². The largest absolute Gasteiger partial charge is 0.326 e. The fourth-order valence-electron chi connectivity index (χ4n) is 3.12. The maximum atomic E-state index is 6.38. The SMILES string of the molecule is CCC(N)C(c1cccnc1)N1CCCC1CC. The van der Waals surface area contributed by atoms with Gasteiger partial charge in [-0.1, -0.05) is 19.9 Å². The van der Waals surface area contributed by atoms with E-state index >= 15 is 0 Å². The van der Waals surface area contributed by atoms with Gasteiger partial charge in [-0.15, -0.1) is 0 Å². The zero-order chi connectivity index (χ0) is 13.0. The first kappa shape index (κ1) is 13.5. The number of hydrogen-bond donors (Lipinski definition) is 1. The van der Waals surface area contributed by atoms with Crippen LogP contribution in [0.15, 0.2) is 24.5 Å². The number of nitrogens with zero attached hydrogens (tertiary/aromatic N) is 2. The molecule has 3 unspecified atom stereocenters. The molecule has 0 amide bonds. The average Bonchev–Trinajstić information content (AvgIpc) is 2.88. The fourth-order valence-corrected chi connectivity index (χ4v) is 3.12. The zero-order valence-electron chi connectivity index (χ0n) is 11.5. The van der Waals surface area contributed by atoms with Gasteiger partial charge in [0.2, 0.25) is 0 Å². The van der Waals surface area contributed by atoms with Crippen LogP contribution in [0.5, 0.6) is 0 Å². The first-order valence-electron chi connectivity index (χ1n) is 7.19. The summed E-state index contributed by atoms with van der Waals surface area (Å²) in [6, 6.07) is 5.39. The molecule has 0 aliphatic carbocycles. The molecule has 0 bridgehead atoms. The van der Waals surface area contributed by atoms with E-state index in [1.807, 2.05) is 18.5 Å². The molecule has 2 N–H and O–H groups in total. The minimum absolute atomic E-state index is 0.196. The standard InChI is InChI=1S/C15H25N3/c1-3-13-8-6-10-18(13)15(14(16)4-2)12-7-5-9-17-11-12/h5,7,9,11,13-15H,3-4,6,8,10,16H2,1-2H3. The minimum Gasteiger partial charge on any atom is -0.326 e. The minimum atomic E-state index is 0.196. The van der Waals surface area contributed by atoms with Crippen LogP contribution in [0.2, 0.25) is 0 Å². The Morgan fingerprint density at radius 2 is 2.33 bits per heavy atom. The van der Waals surface area contributed by atoms with Gasteiger partial charge >= 0.3 is 0 Å². The van der Waals surface area contributed by atoms with Gasteiger partial charge in [-0.2, -0.15) is 0 Å². The van der Waals surface area contributed by atoms with Crippen molar-refractivity contribution in [2.24, 2.45) is 5.73 Å². The van der Waals surface area contributed by atoms with Crippen LogP contribution in [0.4, 0.5) is 0 Å². The van der Waals surface area contributed by atoms with Gasteiger partial charge in [0, 0.05) is 24.5 Å². The van der Waals surface area contributed by atoms with Crippen molar-refractivity contribution < 1.29 is 0 Å². The summed E-state index contributed by atoms with van der Waals surface area (Å²) >= 11 is 0. The van der Waals surface area contributed by atoms with Gasteiger partial charge in [0.05, 0.1) is 6.04 Å². The highest BCUT2D eigenvalue weighted by Crippen LogP contribution is 2.33. The number of aromatic nitrogens is 1. The lowest BCUT2D eigenvalue weighted by Gasteiger charge is -2.36. The Hall–Kier alpha value is -0.930. The Labute approximate surface area is 110 Å². The fraction of sp³-hybridized carbons (Fsp3) is 0.667. The Morgan fingerprint density at radius 1 is 1.50 bits per heavy atom. The summed E-state index contributed by atoms with van der Waals surface area (Å²) in [6.07, 6.45) is 8.64. The van der Waals surface area contributed by atoms with Crippen molar-refractivity contribution in [3.63, 3.8) is 0 Å². The van der Waals surface area contributed by atoms with E-state index in [4.69, 9.17) is 5.73 Å². The molecule has 18 heavy (non-hydrogen) atoms. The molecule has 100 valence electrons. The second kappa shape index (κ2) is 6.30. The van der Waals surface area contributed by atoms with E-state index in [9.17, 15) is 0 Å². The van der Waals surface area contributed by atoms with Gasteiger partial charge in [-0.25, -0.2) is 0 Å². The van der Waals surface area contributed by atoms with E-state index in [-0.39, 0.29) is 6.04 Å². The van der Waals surface area contributed by atoms with Crippen LogP contribution in [0, 0.1) is 0 Å². The Balaban J connectivity index is 2.25. The van der Waals surface area contributed by atoms with E-state index in [1.54, 1.807) is 0 Å². The van der Waals surface area contributed by atoms with Crippen molar-refractivity contribution in [3.8, 4) is 0 Å². The summed E-state index contributed by atoms with van der Waals surface area (Å²) in [5.74, 6) is 0. The quantitative estimate of drug-likeness (QED) is 0.870. The van der Waals surface area contributed by atoms with Gasteiger partial charge < -0.3 is 5.73 Å². The van der Waals surface area contributed by atoms with Crippen LogP contribution in [0.25, 0.3) is 0 Å². The molecule has 1 aliphatic rings. The summed E-state index contributed by atoms with van der Waals surface area (Å²) in [5.41, 5.74) is 7.65. The van der Waals surface area contributed by atoms with Crippen molar-refractivity contribution >= 4 is 0 Å². The van der Waals surface area contributed by atoms with E-state index < -0.39 is 0 Å². The van der Waals surface area contributed by atoms with Gasteiger partial charge in [-0.05, 0) is 43.9 Å². The molecule has 1 aromatic heterocycles. The van der Waals surface area contributed by atoms with Crippen molar-refractivity contribution in [1.82, 2.24) is 9.88 Å². The lowest BCUT2D eigenvalue weighted by molar-refractivity contribution is 0.150. The first-order chi connectivity index (χ1) is 8.77. The summed E-state index contributed by atoms with van der Waals surface area (Å²) in [4.78, 5) is 6.86. The van der Waals surface area contributed by atoms with Gasteiger partial charge in [0.15, 0.2) is 0 Å². The molecule has 1 saturated heterocycles. The second-order valence-corrected chi connectivity index (χ2v) is 5.25. The van der Waals surface area contributed by atoms with Crippen LogP contribution in [-0.4, -0.2) is 28.5 Å². The normalized spacial score (nSPS) is 24.1. The smallest absolute Gasteiger partial charge is 0.0517 e. The molecule has 3 nitrogen and oxygen atoms in total. The lowest BCUT2D eigenvalue weighted by atomic mass is 9.96. The molecule has 1 fully saturated rings. The molecule has 0 saturated carbocycles. The van der Waals surface area contributed by atoms with Crippen molar-refractivity contribution in [2.45, 2.75) is 57.7 Å². The van der Waals surface area contributed by atoms with Crippen LogP contribution in [0.1, 0.15) is 51.1 Å². The van der Waals surface area contributed by atoms with Crippen LogP contribution < -0.4 is 5.73 Å². The predicted molar refractivity (Wildman–Crippen MR) is 75.3 cm³/mol. The molecular formula is C15H25N3. The highest BCUT2D eigenvalue weighted by Gasteiger charge is 2.33. The molecule has 0 spiro atoms. The summed E-state index contributed by atoms with van der Waals surface area (Å²) < 4.78 is 0. The van der Waals surface area contributed by atoms with E-state index in [1.165, 1.54) is 31.4 Å². The Bertz CT molecular complexity index is 352.